The minimum atomic E-state index is -0.922. The topological polar surface area (TPSA) is 135 Å². The number of nitrogens with zero attached hydrogens (tertiary/aromatic N) is 2. The molecule has 2 saturated carbocycles. The van der Waals surface area contributed by atoms with Crippen LogP contribution in [0.3, 0.4) is 0 Å². The molecule has 288 valence electrons. The van der Waals surface area contributed by atoms with Gasteiger partial charge in [0.05, 0.1) is 16.9 Å². The highest BCUT2D eigenvalue weighted by Crippen LogP contribution is 2.73. The summed E-state index contributed by atoms with van der Waals surface area (Å²) >= 11 is 0. The van der Waals surface area contributed by atoms with Crippen LogP contribution in [0.1, 0.15) is 96.0 Å². The number of pyridine rings is 1. The Balaban J connectivity index is 1.21. The molecule has 6 aliphatic carbocycles. The van der Waals surface area contributed by atoms with Gasteiger partial charge in [-0.2, -0.15) is 0 Å². The third-order valence-corrected chi connectivity index (χ3v) is 17.3. The first-order valence-electron chi connectivity index (χ1n) is 20.2. The number of hydrogen-bond donors (Lipinski definition) is 2. The number of hydrogen-bond acceptors (Lipinski definition) is 11. The van der Waals surface area contributed by atoms with E-state index in [0.717, 1.165) is 73.0 Å². The van der Waals surface area contributed by atoms with Gasteiger partial charge < -0.3 is 19.9 Å². The van der Waals surface area contributed by atoms with Gasteiger partial charge in [-0.1, -0.05) is 48.3 Å². The maximum Gasteiger partial charge on any atom is 0.340 e. The van der Waals surface area contributed by atoms with E-state index in [1.54, 1.807) is 6.20 Å². The van der Waals surface area contributed by atoms with Crippen LogP contribution < -0.4 is 5.32 Å². The zero-order chi connectivity index (χ0) is 37.8. The maximum absolute atomic E-state index is 14.7. The molecule has 10 nitrogen and oxygen atoms in total. The second kappa shape index (κ2) is 13.2. The Morgan fingerprint density at radius 1 is 1.04 bits per heavy atom. The van der Waals surface area contributed by atoms with Crippen molar-refractivity contribution in [3.8, 4) is 0 Å². The van der Waals surface area contributed by atoms with Gasteiger partial charge in [-0.05, 0) is 122 Å². The predicted octanol–water partition coefficient (Wildman–Crippen LogP) is 7.47. The van der Waals surface area contributed by atoms with Crippen LogP contribution in [0.15, 0.2) is 75.9 Å². The molecule has 0 unspecified atom stereocenters. The van der Waals surface area contributed by atoms with Crippen LogP contribution in [0.25, 0.3) is 0 Å². The average Bonchev–Trinajstić information content (AvgIpc) is 3.96. The molecule has 1 aromatic rings. The number of esters is 2. The fourth-order valence-electron chi connectivity index (χ4n) is 12.4. The number of fused-ring (bicyclic) bond motifs is 3. The lowest BCUT2D eigenvalue weighted by atomic mass is 9.42. The Labute approximate surface area is 329 Å². The van der Waals surface area contributed by atoms with Gasteiger partial charge in [0, 0.05) is 47.9 Å². The lowest BCUT2D eigenvalue weighted by Gasteiger charge is -2.58. The van der Waals surface area contributed by atoms with Crippen molar-refractivity contribution in [2.24, 2.45) is 40.4 Å². The Kier molecular flexibility index (Phi) is 8.61. The fourth-order valence-corrected chi connectivity index (χ4v) is 14.5. The second-order valence-corrected chi connectivity index (χ2v) is 19.7. The molecule has 0 radical (unpaired) electrons. The molecule has 2 amide bonds. The van der Waals surface area contributed by atoms with E-state index in [0.29, 0.717) is 35.9 Å². The van der Waals surface area contributed by atoms with E-state index in [1.807, 2.05) is 25.1 Å². The number of carbonyl (C=O) groups excluding carboxylic acids is 4. The van der Waals surface area contributed by atoms with Gasteiger partial charge in [0.2, 0.25) is 0 Å². The molecule has 0 aromatic carbocycles. The number of rotatable bonds is 4. The molecule has 2 N–H and O–H groups in total. The Bertz CT molecular complexity index is 2060. The quantitative estimate of drug-likeness (QED) is 0.179. The molecule has 12 heteroatoms. The number of ether oxygens (including phenoxy) is 2. The number of allylic oxidation sites excluding steroid dienone is 4. The van der Waals surface area contributed by atoms with E-state index in [2.05, 4.69) is 17.2 Å². The zero-order valence-electron chi connectivity index (χ0n) is 31.3. The number of carbonyl (C=O) groups is 4. The van der Waals surface area contributed by atoms with E-state index in [4.69, 9.17) is 9.47 Å². The number of aromatic nitrogens is 1. The number of nitrogens with one attached hydrogen (secondary N) is 1. The van der Waals surface area contributed by atoms with Crippen LogP contribution in [0.2, 0.25) is 0 Å². The molecular weight excluding hydrogens is 735 g/mol. The lowest BCUT2D eigenvalue weighted by Crippen LogP contribution is -2.54. The van der Waals surface area contributed by atoms with Gasteiger partial charge in [0.1, 0.15) is 22.8 Å². The van der Waals surface area contributed by atoms with E-state index >= 15 is 0 Å². The predicted molar refractivity (Wildman–Crippen MR) is 208 cm³/mol. The van der Waals surface area contributed by atoms with Crippen molar-refractivity contribution < 1.29 is 33.8 Å². The maximum atomic E-state index is 14.7. The van der Waals surface area contributed by atoms with Crippen LogP contribution in [-0.2, 0) is 28.7 Å². The summed E-state index contributed by atoms with van der Waals surface area (Å²) in [4.78, 5) is 61.6. The monoisotopic (exact) mass is 781 g/mol. The number of anilines is 1. The molecule has 4 aliphatic heterocycles. The van der Waals surface area contributed by atoms with Crippen LogP contribution in [0, 0.1) is 40.4 Å². The number of amides is 2. The SMILES string of the molecule is CCC1(C2=C3OC(=O)C4=C3[C@@H](CC2)C[C@H]2[C@@H]3CC[C@@]5(C6=C3[C@H](CN3C(=O)C=CC3=O)c3ccnc(c3)NCSS[C@H](O)[C@H](C)C/C=C\5OC6=O)[C@@H]42)CCCC1. The average molecular weight is 782 g/mol. The highest BCUT2D eigenvalue weighted by molar-refractivity contribution is 8.76. The van der Waals surface area contributed by atoms with Crippen molar-refractivity contribution in [2.75, 3.05) is 17.7 Å². The van der Waals surface area contributed by atoms with Gasteiger partial charge >= 0.3 is 11.9 Å². The minimum Gasteiger partial charge on any atom is -0.427 e. The first kappa shape index (κ1) is 35.8. The summed E-state index contributed by atoms with van der Waals surface area (Å²) in [6.07, 6.45) is 16.7. The minimum absolute atomic E-state index is 0.0214. The molecule has 8 atom stereocenters. The van der Waals surface area contributed by atoms with Gasteiger partial charge in [0.15, 0.2) is 0 Å². The summed E-state index contributed by atoms with van der Waals surface area (Å²) in [5.41, 5.74) is 4.01. The first-order valence-corrected chi connectivity index (χ1v) is 22.6. The van der Waals surface area contributed by atoms with E-state index < -0.39 is 22.7 Å². The summed E-state index contributed by atoms with van der Waals surface area (Å²) < 4.78 is 12.9. The largest absolute Gasteiger partial charge is 0.427 e. The molecule has 10 aliphatic rings. The zero-order valence-corrected chi connectivity index (χ0v) is 32.9. The van der Waals surface area contributed by atoms with Crippen LogP contribution in [0.4, 0.5) is 5.82 Å². The highest BCUT2D eigenvalue weighted by Gasteiger charge is 2.70. The molecule has 3 fully saturated rings. The molecular formula is C43H47N3O7S2. The van der Waals surface area contributed by atoms with Crippen LogP contribution >= 0.6 is 21.6 Å². The third-order valence-electron chi connectivity index (χ3n) is 14.9. The Hall–Kier alpha value is -3.61. The van der Waals surface area contributed by atoms with Crippen molar-refractivity contribution in [2.45, 2.75) is 95.8 Å². The van der Waals surface area contributed by atoms with Crippen molar-refractivity contribution >= 4 is 51.2 Å². The van der Waals surface area contributed by atoms with Crippen molar-refractivity contribution in [3.05, 3.63) is 81.5 Å². The molecule has 7 bridgehead atoms. The lowest BCUT2D eigenvalue weighted by molar-refractivity contribution is -0.137. The van der Waals surface area contributed by atoms with Crippen LogP contribution in [0.5, 0.6) is 0 Å². The summed E-state index contributed by atoms with van der Waals surface area (Å²) in [7, 11) is 2.88. The van der Waals surface area contributed by atoms with E-state index in [-0.39, 0.29) is 59.3 Å². The summed E-state index contributed by atoms with van der Waals surface area (Å²) in [6, 6.07) is 3.88. The third kappa shape index (κ3) is 5.22. The molecule has 1 saturated heterocycles. The summed E-state index contributed by atoms with van der Waals surface area (Å²) in [5.74, 6) is 0.272. The van der Waals surface area contributed by atoms with Crippen molar-refractivity contribution in [3.63, 3.8) is 0 Å². The normalized spacial score (nSPS) is 37.2. The molecule has 55 heavy (non-hydrogen) atoms. The van der Waals surface area contributed by atoms with Gasteiger partial charge in [-0.25, -0.2) is 14.6 Å². The fraction of sp³-hybridized carbons (Fsp3) is 0.558. The molecule has 1 aromatic heterocycles. The number of aliphatic hydroxyl groups is 1. The number of aliphatic hydroxyl groups excluding tert-OH is 1. The van der Waals surface area contributed by atoms with Crippen molar-refractivity contribution in [1.29, 1.82) is 0 Å². The Morgan fingerprint density at radius 3 is 2.62 bits per heavy atom. The first-order chi connectivity index (χ1) is 26.6. The van der Waals surface area contributed by atoms with Crippen molar-refractivity contribution in [1.82, 2.24) is 9.88 Å². The summed E-state index contributed by atoms with van der Waals surface area (Å²) in [6.45, 7) is 4.35. The Morgan fingerprint density at radius 2 is 1.84 bits per heavy atom. The molecule has 11 rings (SSSR count). The van der Waals surface area contributed by atoms with E-state index in [1.165, 1.54) is 57.1 Å². The van der Waals surface area contributed by atoms with Gasteiger partial charge in [-0.3, -0.25) is 14.5 Å². The van der Waals surface area contributed by atoms with Gasteiger partial charge in [0.25, 0.3) is 11.8 Å². The van der Waals surface area contributed by atoms with Gasteiger partial charge in [-0.15, -0.1) is 0 Å². The second-order valence-electron chi connectivity index (χ2n) is 17.2. The smallest absolute Gasteiger partial charge is 0.340 e. The number of imide groups is 1. The summed E-state index contributed by atoms with van der Waals surface area (Å²) in [5, 5.41) is 14.5. The highest BCUT2D eigenvalue weighted by atomic mass is 33.1. The standard InChI is InChI=1S/C43H47N3O7S2/c1-3-42(14-4-5-15-42)28-8-7-24-18-26-25-12-16-43(36(26)35-33(24)38(28)53-39(35)49)29-9-6-22(2)41(51)55-54-21-45-30-19-23(13-17-44-30)27(34(25)37(43)40(50)52-29)20-46-31(47)10-11-32(46)48/h9-11,13,17,19,22,24-27,36,41,51H,3-8,12,14-16,18,20-21H2,1-2H3,(H,44,45)/b29-9+/t22-,24+,25+,26+,27-,36-,41+,43+/m1/s1. The molecule has 1 spiro atoms. The molecule has 5 heterocycles. The van der Waals surface area contributed by atoms with Crippen LogP contribution in [-0.4, -0.2) is 56.6 Å². The van der Waals surface area contributed by atoms with E-state index in [9.17, 15) is 24.3 Å².